The fourth-order valence-corrected chi connectivity index (χ4v) is 1.86. The first-order valence-electron chi connectivity index (χ1n) is 7.25. The summed E-state index contributed by atoms with van der Waals surface area (Å²) in [5.74, 6) is 0. The largest absolute Gasteiger partial charge is 0.372 e. The number of anilines is 2. The summed E-state index contributed by atoms with van der Waals surface area (Å²) in [5.41, 5.74) is 1.79. The maximum Gasteiger partial charge on any atom is 0.319 e. The van der Waals surface area contributed by atoms with Crippen molar-refractivity contribution in [3.63, 3.8) is 0 Å². The fraction of sp³-hybridized carbons (Fsp3) is 0.500. The van der Waals surface area contributed by atoms with Gasteiger partial charge in [-0.2, -0.15) is 5.26 Å². The number of rotatable bonds is 6. The summed E-state index contributed by atoms with van der Waals surface area (Å²) in [6.45, 7) is 6.17. The molecular formula is C16H24N4O. The van der Waals surface area contributed by atoms with Gasteiger partial charge >= 0.3 is 6.03 Å². The third kappa shape index (κ3) is 5.35. The van der Waals surface area contributed by atoms with Crippen LogP contribution in [0.15, 0.2) is 24.3 Å². The van der Waals surface area contributed by atoms with Crippen LogP contribution in [0.25, 0.3) is 0 Å². The van der Waals surface area contributed by atoms with Gasteiger partial charge in [0, 0.05) is 30.5 Å². The molecule has 1 atom stereocenters. The minimum atomic E-state index is -0.276. The molecule has 0 radical (unpaired) electrons. The Bertz CT molecular complexity index is 507. The van der Waals surface area contributed by atoms with Crippen LogP contribution in [0.4, 0.5) is 16.2 Å². The lowest BCUT2D eigenvalue weighted by atomic mass is 10.2. The van der Waals surface area contributed by atoms with E-state index in [1.165, 1.54) is 0 Å². The number of carbonyl (C=O) groups excluding carboxylic acids is 1. The molecule has 0 bridgehead atoms. The Morgan fingerprint density at radius 1 is 1.43 bits per heavy atom. The second-order valence-electron chi connectivity index (χ2n) is 5.32. The molecule has 2 amide bonds. The predicted octanol–water partition coefficient (Wildman–Crippen LogP) is 3.34. The Labute approximate surface area is 126 Å². The molecule has 0 aliphatic heterocycles. The number of hydrogen-bond donors (Lipinski definition) is 2. The maximum atomic E-state index is 11.9. The first-order chi connectivity index (χ1) is 9.97. The number of nitrogens with one attached hydrogen (secondary N) is 2. The second kappa shape index (κ2) is 8.15. The predicted molar refractivity (Wildman–Crippen MR) is 86.4 cm³/mol. The van der Waals surface area contributed by atoms with E-state index in [2.05, 4.69) is 35.5 Å². The second-order valence-corrected chi connectivity index (χ2v) is 5.32. The van der Waals surface area contributed by atoms with Crippen LogP contribution >= 0.6 is 0 Å². The van der Waals surface area contributed by atoms with E-state index in [9.17, 15) is 4.79 Å². The average molecular weight is 288 g/mol. The van der Waals surface area contributed by atoms with Gasteiger partial charge < -0.3 is 15.5 Å². The number of nitriles is 1. The Hall–Kier alpha value is -2.22. The molecular weight excluding hydrogens is 264 g/mol. The van der Waals surface area contributed by atoms with Gasteiger partial charge in [-0.15, -0.1) is 0 Å². The molecule has 5 nitrogen and oxygen atoms in total. The molecule has 0 unspecified atom stereocenters. The first-order valence-corrected chi connectivity index (χ1v) is 7.25. The van der Waals surface area contributed by atoms with Crippen molar-refractivity contribution in [3.05, 3.63) is 24.3 Å². The molecule has 0 aliphatic carbocycles. The van der Waals surface area contributed by atoms with Crippen molar-refractivity contribution in [1.29, 1.82) is 5.26 Å². The molecule has 5 heteroatoms. The van der Waals surface area contributed by atoms with Crippen molar-refractivity contribution >= 4 is 17.4 Å². The van der Waals surface area contributed by atoms with Crippen molar-refractivity contribution in [3.8, 4) is 6.07 Å². The molecule has 0 fully saturated rings. The highest BCUT2D eigenvalue weighted by atomic mass is 16.2. The molecule has 0 aromatic heterocycles. The van der Waals surface area contributed by atoms with Crippen molar-refractivity contribution in [2.75, 3.05) is 17.3 Å². The van der Waals surface area contributed by atoms with Crippen molar-refractivity contribution in [2.45, 2.75) is 45.7 Å². The Kier molecular flexibility index (Phi) is 6.54. The third-order valence-electron chi connectivity index (χ3n) is 3.45. The molecule has 1 rings (SSSR count). The number of carbonyl (C=O) groups is 1. The Balaban J connectivity index is 2.68. The van der Waals surface area contributed by atoms with E-state index in [-0.39, 0.29) is 12.1 Å². The molecule has 21 heavy (non-hydrogen) atoms. The van der Waals surface area contributed by atoms with Gasteiger partial charge in [0.05, 0.1) is 12.5 Å². The summed E-state index contributed by atoms with van der Waals surface area (Å²) in [6.07, 6.45) is 1.05. The van der Waals surface area contributed by atoms with E-state index in [1.807, 2.05) is 38.2 Å². The molecule has 0 saturated heterocycles. The minimum Gasteiger partial charge on any atom is -0.372 e. The summed E-state index contributed by atoms with van der Waals surface area (Å²) in [4.78, 5) is 14.1. The zero-order chi connectivity index (χ0) is 15.8. The highest BCUT2D eigenvalue weighted by Gasteiger charge is 2.11. The number of benzene rings is 1. The van der Waals surface area contributed by atoms with Crippen molar-refractivity contribution in [1.82, 2.24) is 5.32 Å². The van der Waals surface area contributed by atoms with Crippen molar-refractivity contribution < 1.29 is 4.79 Å². The van der Waals surface area contributed by atoms with E-state index < -0.39 is 0 Å². The molecule has 2 N–H and O–H groups in total. The van der Waals surface area contributed by atoms with E-state index in [0.29, 0.717) is 12.5 Å². The van der Waals surface area contributed by atoms with Gasteiger partial charge in [-0.1, -0.05) is 13.0 Å². The molecule has 0 saturated carbocycles. The average Bonchev–Trinajstić information content (AvgIpc) is 2.46. The summed E-state index contributed by atoms with van der Waals surface area (Å²) >= 11 is 0. The number of urea groups is 1. The summed E-state index contributed by atoms with van der Waals surface area (Å²) in [5, 5.41) is 14.3. The van der Waals surface area contributed by atoms with Gasteiger partial charge in [0.25, 0.3) is 0 Å². The van der Waals surface area contributed by atoms with Gasteiger partial charge in [-0.3, -0.25) is 0 Å². The zero-order valence-corrected chi connectivity index (χ0v) is 13.2. The molecule has 1 aromatic rings. The van der Waals surface area contributed by atoms with Crippen LogP contribution < -0.4 is 15.5 Å². The lowest BCUT2D eigenvalue weighted by Crippen LogP contribution is -2.37. The highest BCUT2D eigenvalue weighted by molar-refractivity contribution is 5.90. The van der Waals surface area contributed by atoms with E-state index >= 15 is 0 Å². The lowest BCUT2D eigenvalue weighted by Gasteiger charge is -2.24. The lowest BCUT2D eigenvalue weighted by molar-refractivity contribution is 0.248. The van der Waals surface area contributed by atoms with Crippen LogP contribution in [0.1, 0.15) is 33.6 Å². The monoisotopic (exact) mass is 288 g/mol. The van der Waals surface area contributed by atoms with Gasteiger partial charge in [0.2, 0.25) is 0 Å². The standard InChI is InChI=1S/C16H24N4O/c1-5-13(9-10-17)18-16(21)19-14-7-6-8-15(11-14)20(4)12(2)3/h6-8,11-13H,5,9H2,1-4H3,(H2,18,19,21)/t13-/m1/s1. The molecule has 0 spiro atoms. The SMILES string of the molecule is CC[C@H](CC#N)NC(=O)Nc1cccc(N(C)C(C)C)c1. The fourth-order valence-electron chi connectivity index (χ4n) is 1.86. The van der Waals surface area contributed by atoms with Crippen LogP contribution in [-0.4, -0.2) is 25.2 Å². The van der Waals surface area contributed by atoms with E-state index in [1.54, 1.807) is 0 Å². The van der Waals surface area contributed by atoms with Crippen LogP contribution in [0, 0.1) is 11.3 Å². The maximum absolute atomic E-state index is 11.9. The molecule has 0 aliphatic rings. The summed E-state index contributed by atoms with van der Waals surface area (Å²) in [6, 6.07) is 9.77. The minimum absolute atomic E-state index is 0.114. The number of nitrogens with zero attached hydrogens (tertiary/aromatic N) is 2. The normalized spacial score (nSPS) is 11.6. The number of amides is 2. The van der Waals surface area contributed by atoms with Gasteiger partial charge in [0.15, 0.2) is 0 Å². The summed E-state index contributed by atoms with van der Waals surface area (Å²) in [7, 11) is 2.02. The zero-order valence-electron chi connectivity index (χ0n) is 13.2. The molecule has 114 valence electrons. The Morgan fingerprint density at radius 3 is 2.71 bits per heavy atom. The number of hydrogen-bond acceptors (Lipinski definition) is 3. The van der Waals surface area contributed by atoms with Gasteiger partial charge in [-0.25, -0.2) is 4.79 Å². The highest BCUT2D eigenvalue weighted by Crippen LogP contribution is 2.20. The quantitative estimate of drug-likeness (QED) is 0.843. The van der Waals surface area contributed by atoms with E-state index in [0.717, 1.165) is 17.8 Å². The van der Waals surface area contributed by atoms with E-state index in [4.69, 9.17) is 5.26 Å². The third-order valence-corrected chi connectivity index (χ3v) is 3.45. The van der Waals surface area contributed by atoms with Gasteiger partial charge in [0.1, 0.15) is 0 Å². The Morgan fingerprint density at radius 2 is 2.14 bits per heavy atom. The van der Waals surface area contributed by atoms with Gasteiger partial charge in [-0.05, 0) is 38.5 Å². The molecule has 0 heterocycles. The smallest absolute Gasteiger partial charge is 0.319 e. The molecule has 1 aromatic carbocycles. The first kappa shape index (κ1) is 16.8. The van der Waals surface area contributed by atoms with Crippen LogP contribution in [-0.2, 0) is 0 Å². The van der Waals surface area contributed by atoms with Crippen LogP contribution in [0.5, 0.6) is 0 Å². The summed E-state index contributed by atoms with van der Waals surface area (Å²) < 4.78 is 0. The topological polar surface area (TPSA) is 68.2 Å². The van der Waals surface area contributed by atoms with Crippen molar-refractivity contribution in [2.24, 2.45) is 0 Å². The van der Waals surface area contributed by atoms with Crippen LogP contribution in [0.3, 0.4) is 0 Å². The van der Waals surface area contributed by atoms with Crippen LogP contribution in [0.2, 0.25) is 0 Å².